The standard InChI is InChI=1S/C27H28N6O3S/c1-3-29-25(35)21(15-28)27-33(4-2)26(36)23(37-27)16-30-19-9-7-10-20(14-19)31-24(34)17-32-13-12-18-8-5-6-11-22(18)32/h5-11,14,16,30H,3-4,12-13,17H2,1-2H3,(H,29,35)(H,31,34)/b23-16+,27-21-. The van der Waals surface area contributed by atoms with Crippen LogP contribution in [0.4, 0.5) is 17.1 Å². The van der Waals surface area contributed by atoms with Crippen molar-refractivity contribution in [3.63, 3.8) is 0 Å². The zero-order chi connectivity index (χ0) is 26.4. The van der Waals surface area contributed by atoms with Gasteiger partial charge in [-0.1, -0.05) is 24.3 Å². The molecule has 4 rings (SSSR count). The van der Waals surface area contributed by atoms with Crippen LogP contribution in [0.3, 0.4) is 0 Å². The summed E-state index contributed by atoms with van der Waals surface area (Å²) in [5.41, 5.74) is 3.28. The van der Waals surface area contributed by atoms with Gasteiger partial charge >= 0.3 is 0 Å². The van der Waals surface area contributed by atoms with E-state index < -0.39 is 5.91 Å². The number of aromatic nitrogens is 1. The molecule has 0 aliphatic carbocycles. The van der Waals surface area contributed by atoms with Crippen LogP contribution in [-0.2, 0) is 22.6 Å². The quantitative estimate of drug-likeness (QED) is 0.418. The Morgan fingerprint density at radius 2 is 1.92 bits per heavy atom. The minimum absolute atomic E-state index is 0.0872. The fraction of sp³-hybridized carbons (Fsp3) is 0.259. The van der Waals surface area contributed by atoms with Crippen molar-refractivity contribution in [1.29, 1.82) is 5.26 Å². The Labute approximate surface area is 218 Å². The lowest BCUT2D eigenvalue weighted by atomic mass is 10.2. The Morgan fingerprint density at radius 1 is 1.14 bits per heavy atom. The number of nitriles is 1. The summed E-state index contributed by atoms with van der Waals surface area (Å²) in [6, 6.07) is 17.2. The lowest BCUT2D eigenvalue weighted by Crippen LogP contribution is -2.34. The van der Waals surface area contributed by atoms with Gasteiger partial charge in [0, 0.05) is 42.9 Å². The van der Waals surface area contributed by atoms with Gasteiger partial charge in [0.05, 0.1) is 6.54 Å². The van der Waals surface area contributed by atoms with Crippen LogP contribution in [0.5, 0.6) is 0 Å². The van der Waals surface area contributed by atoms with E-state index in [0.717, 1.165) is 30.0 Å². The largest absolute Gasteiger partial charge is 0.362 e. The molecule has 0 saturated heterocycles. The summed E-state index contributed by atoms with van der Waals surface area (Å²) in [5.74, 6) is -0.620. The molecule has 2 aromatic carbocycles. The van der Waals surface area contributed by atoms with Crippen LogP contribution >= 0.6 is 11.3 Å². The summed E-state index contributed by atoms with van der Waals surface area (Å²) >= 11 is 1.08. The van der Waals surface area contributed by atoms with Crippen LogP contribution < -0.4 is 35.6 Å². The number of carbonyl (C=O) groups excluding carboxylic acids is 2. The van der Waals surface area contributed by atoms with Crippen LogP contribution in [0.15, 0.2) is 53.3 Å². The minimum atomic E-state index is -0.506. The third-order valence-corrected chi connectivity index (χ3v) is 7.08. The van der Waals surface area contributed by atoms with Gasteiger partial charge in [0.25, 0.3) is 11.5 Å². The van der Waals surface area contributed by atoms with Gasteiger partial charge in [-0.2, -0.15) is 5.26 Å². The summed E-state index contributed by atoms with van der Waals surface area (Å²) in [6.07, 6.45) is 2.48. The number of fused-ring (bicyclic) bond motifs is 1. The maximum atomic E-state index is 12.9. The average molecular weight is 517 g/mol. The second kappa shape index (κ2) is 11.6. The molecule has 1 aliphatic rings. The van der Waals surface area contributed by atoms with Crippen molar-refractivity contribution < 1.29 is 9.59 Å². The monoisotopic (exact) mass is 516 g/mol. The lowest BCUT2D eigenvalue weighted by molar-refractivity contribution is -0.116. The van der Waals surface area contributed by atoms with Crippen molar-refractivity contribution in [3.05, 3.63) is 73.6 Å². The van der Waals surface area contributed by atoms with Crippen molar-refractivity contribution in [2.75, 3.05) is 35.2 Å². The SMILES string of the molecule is CCNC(=O)/C(C#N)=c1\s/c(=C/Nc2cccc(NC(=O)CN3CCc4ccccc43)c2)c(=O)n1CC. The van der Waals surface area contributed by atoms with Gasteiger partial charge in [-0.05, 0) is 50.1 Å². The number of carbonyl (C=O) groups is 2. The van der Waals surface area contributed by atoms with E-state index in [1.54, 1.807) is 38.2 Å². The van der Waals surface area contributed by atoms with Crippen LogP contribution in [0, 0.1) is 11.3 Å². The first-order valence-electron chi connectivity index (χ1n) is 12.1. The number of rotatable bonds is 8. The number of hydrogen-bond acceptors (Lipinski definition) is 7. The van der Waals surface area contributed by atoms with E-state index in [0.29, 0.717) is 33.7 Å². The fourth-order valence-corrected chi connectivity index (χ4v) is 5.30. The Morgan fingerprint density at radius 3 is 2.68 bits per heavy atom. The zero-order valence-electron chi connectivity index (χ0n) is 20.7. The van der Waals surface area contributed by atoms with Crippen molar-refractivity contribution in [1.82, 2.24) is 9.88 Å². The number of benzene rings is 2. The molecule has 0 bridgehead atoms. The van der Waals surface area contributed by atoms with E-state index in [4.69, 9.17) is 0 Å². The maximum absolute atomic E-state index is 12.9. The van der Waals surface area contributed by atoms with Gasteiger partial charge in [-0.3, -0.25) is 19.0 Å². The normalized spacial score (nSPS) is 13.5. The summed E-state index contributed by atoms with van der Waals surface area (Å²) in [7, 11) is 0. The molecule has 0 saturated carbocycles. The number of para-hydroxylation sites is 1. The molecule has 190 valence electrons. The van der Waals surface area contributed by atoms with E-state index in [1.165, 1.54) is 10.1 Å². The summed E-state index contributed by atoms with van der Waals surface area (Å²) in [5, 5.41) is 18.2. The van der Waals surface area contributed by atoms with Gasteiger partial charge in [0.2, 0.25) is 5.91 Å². The molecular weight excluding hydrogens is 488 g/mol. The Kier molecular flexibility index (Phi) is 8.05. The molecule has 0 spiro atoms. The number of nitrogens with one attached hydrogen (secondary N) is 3. The molecule has 0 unspecified atom stereocenters. The Bertz CT molecular complexity index is 1550. The molecule has 37 heavy (non-hydrogen) atoms. The molecule has 2 heterocycles. The molecule has 3 N–H and O–H groups in total. The second-order valence-corrected chi connectivity index (χ2v) is 9.42. The minimum Gasteiger partial charge on any atom is -0.362 e. The highest BCUT2D eigenvalue weighted by Crippen LogP contribution is 2.27. The number of anilines is 3. The highest BCUT2D eigenvalue weighted by molar-refractivity contribution is 7.07. The second-order valence-electron chi connectivity index (χ2n) is 8.39. The van der Waals surface area contributed by atoms with E-state index in [1.807, 2.05) is 30.3 Å². The summed E-state index contributed by atoms with van der Waals surface area (Å²) < 4.78 is 2.09. The van der Waals surface area contributed by atoms with Gasteiger partial charge in [0.1, 0.15) is 15.3 Å². The van der Waals surface area contributed by atoms with Crippen molar-refractivity contribution >= 4 is 52.0 Å². The smallest absolute Gasteiger partial charge is 0.270 e. The Balaban J connectivity index is 1.51. The zero-order valence-corrected chi connectivity index (χ0v) is 21.5. The van der Waals surface area contributed by atoms with Crippen molar-refractivity contribution in [3.8, 4) is 6.07 Å². The number of hydrogen-bond donors (Lipinski definition) is 3. The van der Waals surface area contributed by atoms with Crippen LogP contribution in [0.1, 0.15) is 19.4 Å². The predicted molar refractivity (Wildman–Crippen MR) is 147 cm³/mol. The van der Waals surface area contributed by atoms with E-state index >= 15 is 0 Å². The molecular formula is C27H28N6O3S. The molecule has 10 heteroatoms. The van der Waals surface area contributed by atoms with Gasteiger partial charge in [-0.15, -0.1) is 11.3 Å². The van der Waals surface area contributed by atoms with Crippen LogP contribution in [0.25, 0.3) is 11.8 Å². The third kappa shape index (κ3) is 5.73. The maximum Gasteiger partial charge on any atom is 0.270 e. The summed E-state index contributed by atoms with van der Waals surface area (Å²) in [4.78, 5) is 40.0. The fourth-order valence-electron chi connectivity index (χ4n) is 4.22. The summed E-state index contributed by atoms with van der Waals surface area (Å²) in [6.45, 7) is 5.33. The molecule has 1 aromatic heterocycles. The molecule has 9 nitrogen and oxygen atoms in total. The highest BCUT2D eigenvalue weighted by atomic mass is 32.1. The third-order valence-electron chi connectivity index (χ3n) is 5.95. The van der Waals surface area contributed by atoms with Crippen LogP contribution in [0.2, 0.25) is 0 Å². The van der Waals surface area contributed by atoms with Crippen molar-refractivity contribution in [2.45, 2.75) is 26.8 Å². The first-order chi connectivity index (χ1) is 17.9. The lowest BCUT2D eigenvalue weighted by Gasteiger charge is -2.18. The van der Waals surface area contributed by atoms with E-state index in [2.05, 4.69) is 26.9 Å². The molecule has 1 aliphatic heterocycles. The highest BCUT2D eigenvalue weighted by Gasteiger charge is 2.20. The van der Waals surface area contributed by atoms with Gasteiger partial charge < -0.3 is 20.9 Å². The molecule has 0 radical (unpaired) electrons. The average Bonchev–Trinajstić information content (AvgIpc) is 3.44. The first kappa shape index (κ1) is 25.7. The Hall–Kier alpha value is -4.36. The molecule has 0 fully saturated rings. The molecule has 2 amide bonds. The number of nitrogens with zero attached hydrogens (tertiary/aromatic N) is 3. The molecule has 3 aromatic rings. The topological polar surface area (TPSA) is 119 Å². The van der Waals surface area contributed by atoms with Crippen LogP contribution in [-0.4, -0.2) is 36.0 Å². The van der Waals surface area contributed by atoms with Gasteiger partial charge in [-0.25, -0.2) is 0 Å². The van der Waals surface area contributed by atoms with Crippen molar-refractivity contribution in [2.24, 2.45) is 0 Å². The van der Waals surface area contributed by atoms with Gasteiger partial charge in [0.15, 0.2) is 5.57 Å². The predicted octanol–water partition coefficient (Wildman–Crippen LogP) is 1.59. The van der Waals surface area contributed by atoms with E-state index in [-0.39, 0.29) is 23.6 Å². The first-order valence-corrected chi connectivity index (χ1v) is 12.9. The van der Waals surface area contributed by atoms with E-state index in [9.17, 15) is 19.6 Å². The number of amides is 2. The molecule has 0 atom stereocenters. The number of thiazole rings is 1.